The molecular weight excluding hydrogens is 318 g/mol. The second-order valence-electron chi connectivity index (χ2n) is 7.41. The Kier molecular flexibility index (Phi) is 4.89. The summed E-state index contributed by atoms with van der Waals surface area (Å²) in [5, 5.41) is 29.8. The number of aliphatic hydroxyl groups excluding tert-OH is 1. The molecule has 0 amide bonds. The fourth-order valence-electron chi connectivity index (χ4n) is 4.95. The zero-order chi connectivity index (χ0) is 18.2. The average Bonchev–Trinajstić information content (AvgIpc) is 2.56. The fourth-order valence-corrected chi connectivity index (χ4v) is 4.95. The maximum absolute atomic E-state index is 12.4. The van der Waals surface area contributed by atoms with Crippen molar-refractivity contribution in [1.29, 1.82) is 0 Å². The molecule has 1 saturated heterocycles. The van der Waals surface area contributed by atoms with Crippen LogP contribution >= 0.6 is 0 Å². The maximum Gasteiger partial charge on any atom is 0.161 e. The third-order valence-electron chi connectivity index (χ3n) is 6.20. The molecule has 1 aromatic rings. The Bertz CT molecular complexity index is 687. The number of Topliss-reactive ketones (excluding diaryl/α,β-unsaturated/α-hetero) is 1. The number of piperidine rings is 1. The van der Waals surface area contributed by atoms with Crippen molar-refractivity contribution in [2.45, 2.75) is 44.1 Å². The summed E-state index contributed by atoms with van der Waals surface area (Å²) in [4.78, 5) is 14.8. The van der Waals surface area contributed by atoms with Crippen LogP contribution in [0.5, 0.6) is 11.5 Å². The maximum atomic E-state index is 12.4. The second kappa shape index (κ2) is 6.81. The van der Waals surface area contributed by atoms with Crippen molar-refractivity contribution in [1.82, 2.24) is 4.90 Å². The molecule has 1 aliphatic heterocycles. The number of benzene rings is 1. The second-order valence-corrected chi connectivity index (χ2v) is 7.41. The van der Waals surface area contributed by atoms with Crippen LogP contribution in [0.25, 0.3) is 0 Å². The highest BCUT2D eigenvalue weighted by atomic mass is 16.3. The highest BCUT2D eigenvalue weighted by Gasteiger charge is 2.53. The van der Waals surface area contributed by atoms with Crippen molar-refractivity contribution in [3.8, 4) is 11.5 Å². The predicted molar refractivity (Wildman–Crippen MR) is 95.8 cm³/mol. The summed E-state index contributed by atoms with van der Waals surface area (Å²) < 4.78 is 0. The van der Waals surface area contributed by atoms with E-state index in [4.69, 9.17) is 5.11 Å². The van der Waals surface area contributed by atoms with Crippen LogP contribution < -0.4 is 0 Å². The molecular formula is C20H27NO4. The zero-order valence-corrected chi connectivity index (χ0v) is 14.7. The zero-order valence-electron chi connectivity index (χ0n) is 14.7. The van der Waals surface area contributed by atoms with Gasteiger partial charge in [0.05, 0.1) is 0 Å². The van der Waals surface area contributed by atoms with E-state index in [-0.39, 0.29) is 48.7 Å². The van der Waals surface area contributed by atoms with Crippen LogP contribution in [0.4, 0.5) is 0 Å². The average molecular weight is 345 g/mol. The Morgan fingerprint density at radius 3 is 2.88 bits per heavy atom. The molecule has 3 N–H and O–H groups in total. The van der Waals surface area contributed by atoms with Gasteiger partial charge < -0.3 is 15.3 Å². The van der Waals surface area contributed by atoms with E-state index in [1.807, 2.05) is 12.1 Å². The topological polar surface area (TPSA) is 81.0 Å². The molecule has 1 aliphatic carbocycles. The SMILES string of the molecule is C=CCN1CCC2(CC(=O)CCO)c3c(ccc(O)c3O)CC1C2C. The van der Waals surface area contributed by atoms with Crippen LogP contribution in [-0.2, 0) is 16.6 Å². The molecule has 2 aliphatic rings. The number of likely N-dealkylation sites (tertiary alicyclic amines) is 1. The third-order valence-corrected chi connectivity index (χ3v) is 6.20. The van der Waals surface area contributed by atoms with Crippen molar-refractivity contribution >= 4 is 5.78 Å². The van der Waals surface area contributed by atoms with Crippen molar-refractivity contribution in [3.63, 3.8) is 0 Å². The van der Waals surface area contributed by atoms with Gasteiger partial charge in [-0.25, -0.2) is 0 Å². The van der Waals surface area contributed by atoms with Gasteiger partial charge in [-0.1, -0.05) is 19.1 Å². The summed E-state index contributed by atoms with van der Waals surface area (Å²) in [6.07, 6.45) is 3.84. The Morgan fingerprint density at radius 2 is 2.20 bits per heavy atom. The first kappa shape index (κ1) is 18.0. The van der Waals surface area contributed by atoms with Crippen molar-refractivity contribution in [2.24, 2.45) is 5.92 Å². The van der Waals surface area contributed by atoms with Gasteiger partial charge in [0.15, 0.2) is 11.5 Å². The number of phenolic OH excluding ortho intramolecular Hbond substituents is 2. The molecule has 25 heavy (non-hydrogen) atoms. The predicted octanol–water partition coefficient (Wildman–Crippen LogP) is 2.13. The van der Waals surface area contributed by atoms with Gasteiger partial charge in [-0.3, -0.25) is 9.69 Å². The molecule has 0 saturated carbocycles. The summed E-state index contributed by atoms with van der Waals surface area (Å²) in [6.45, 7) is 7.45. The Balaban J connectivity index is 2.11. The number of aromatic hydroxyl groups is 2. The first-order valence-electron chi connectivity index (χ1n) is 8.96. The van der Waals surface area contributed by atoms with Gasteiger partial charge in [0.2, 0.25) is 0 Å². The quantitative estimate of drug-likeness (QED) is 0.544. The largest absolute Gasteiger partial charge is 0.504 e. The lowest BCUT2D eigenvalue weighted by atomic mass is 9.55. The molecule has 3 unspecified atom stereocenters. The van der Waals surface area contributed by atoms with E-state index in [1.54, 1.807) is 0 Å². The molecule has 1 aromatic carbocycles. The summed E-state index contributed by atoms with van der Waals surface area (Å²) >= 11 is 0. The molecule has 3 atom stereocenters. The number of rotatable bonds is 6. The van der Waals surface area contributed by atoms with E-state index < -0.39 is 5.41 Å². The number of hydrogen-bond acceptors (Lipinski definition) is 5. The van der Waals surface area contributed by atoms with Crippen LogP contribution in [-0.4, -0.2) is 51.7 Å². The minimum Gasteiger partial charge on any atom is -0.504 e. The molecule has 136 valence electrons. The van der Waals surface area contributed by atoms with Gasteiger partial charge in [-0.15, -0.1) is 6.58 Å². The number of aliphatic hydroxyl groups is 1. The first-order valence-corrected chi connectivity index (χ1v) is 8.96. The van der Waals surface area contributed by atoms with Crippen molar-refractivity contribution in [2.75, 3.05) is 19.7 Å². The normalized spacial score (nSPS) is 28.4. The number of phenols is 2. The van der Waals surface area contributed by atoms with Crippen LogP contribution in [0, 0.1) is 5.92 Å². The van der Waals surface area contributed by atoms with E-state index >= 15 is 0 Å². The van der Waals surface area contributed by atoms with Crippen LogP contribution in [0.15, 0.2) is 24.8 Å². The molecule has 1 heterocycles. The van der Waals surface area contributed by atoms with Gasteiger partial charge in [-0.05, 0) is 36.9 Å². The van der Waals surface area contributed by atoms with Crippen LogP contribution in [0.3, 0.4) is 0 Å². The number of fused-ring (bicyclic) bond motifs is 4. The number of carbonyl (C=O) groups is 1. The molecule has 0 spiro atoms. The third kappa shape index (κ3) is 2.85. The van der Waals surface area contributed by atoms with E-state index in [0.29, 0.717) is 0 Å². The lowest BCUT2D eigenvalue weighted by Gasteiger charge is -2.55. The van der Waals surface area contributed by atoms with Gasteiger partial charge in [-0.2, -0.15) is 0 Å². The number of ketones is 1. The highest BCUT2D eigenvalue weighted by molar-refractivity contribution is 5.81. The summed E-state index contributed by atoms with van der Waals surface area (Å²) in [5.41, 5.74) is 1.25. The van der Waals surface area contributed by atoms with Gasteiger partial charge in [0.1, 0.15) is 5.78 Å². The van der Waals surface area contributed by atoms with Crippen LogP contribution in [0.2, 0.25) is 0 Å². The summed E-state index contributed by atoms with van der Waals surface area (Å²) in [7, 11) is 0. The smallest absolute Gasteiger partial charge is 0.161 e. The molecule has 5 heteroatoms. The van der Waals surface area contributed by atoms with E-state index in [2.05, 4.69) is 18.4 Å². The van der Waals surface area contributed by atoms with E-state index in [0.717, 1.165) is 37.1 Å². The molecule has 3 rings (SSSR count). The molecule has 5 nitrogen and oxygen atoms in total. The molecule has 0 aromatic heterocycles. The standard InChI is InChI=1S/C20H27NO4/c1-3-8-21-9-7-20(12-15(23)6-10-22)13(2)16(21)11-14-4-5-17(24)19(25)18(14)20/h3-5,13,16,22,24-25H,1,6-12H2,2H3. The monoisotopic (exact) mass is 345 g/mol. The van der Waals surface area contributed by atoms with E-state index in [1.165, 1.54) is 6.07 Å². The highest BCUT2D eigenvalue weighted by Crippen LogP contribution is 2.55. The molecule has 0 radical (unpaired) electrons. The first-order chi connectivity index (χ1) is 11.9. The number of carbonyl (C=O) groups excluding carboxylic acids is 1. The lowest BCUT2D eigenvalue weighted by molar-refractivity contribution is -0.122. The Labute approximate surface area is 148 Å². The Morgan fingerprint density at radius 1 is 1.44 bits per heavy atom. The molecule has 1 fully saturated rings. The lowest BCUT2D eigenvalue weighted by Crippen LogP contribution is -2.59. The van der Waals surface area contributed by atoms with Gasteiger partial charge in [0, 0.05) is 43.0 Å². The summed E-state index contributed by atoms with van der Waals surface area (Å²) in [6, 6.07) is 3.66. The van der Waals surface area contributed by atoms with Crippen molar-refractivity contribution < 1.29 is 20.1 Å². The van der Waals surface area contributed by atoms with Crippen molar-refractivity contribution in [3.05, 3.63) is 35.9 Å². The molecule has 2 bridgehead atoms. The number of hydrogen-bond donors (Lipinski definition) is 3. The van der Waals surface area contributed by atoms with Gasteiger partial charge >= 0.3 is 0 Å². The fraction of sp³-hybridized carbons (Fsp3) is 0.550. The van der Waals surface area contributed by atoms with Gasteiger partial charge in [0.25, 0.3) is 0 Å². The minimum atomic E-state index is -0.495. The van der Waals surface area contributed by atoms with E-state index in [9.17, 15) is 15.0 Å². The summed E-state index contributed by atoms with van der Waals surface area (Å²) in [5.74, 6) is -0.0615. The van der Waals surface area contributed by atoms with Crippen LogP contribution in [0.1, 0.15) is 37.3 Å². The Hall–Kier alpha value is -1.85. The minimum absolute atomic E-state index is 0.000800. The number of nitrogens with zero attached hydrogens (tertiary/aromatic N) is 1.